The zero-order valence-corrected chi connectivity index (χ0v) is 10.0. The van der Waals surface area contributed by atoms with Gasteiger partial charge in [-0.2, -0.15) is 0 Å². The van der Waals surface area contributed by atoms with Crippen LogP contribution in [0.25, 0.3) is 0 Å². The molecular weight excluding hydrogens is 216 g/mol. The molecule has 0 saturated carbocycles. The lowest BCUT2D eigenvalue weighted by atomic mass is 10.2. The fourth-order valence-electron chi connectivity index (χ4n) is 1.14. The van der Waals surface area contributed by atoms with Crippen molar-refractivity contribution in [2.24, 2.45) is 0 Å². The van der Waals surface area contributed by atoms with Crippen LogP contribution in [0.5, 0.6) is 0 Å². The Morgan fingerprint density at radius 3 is 1.38 bits per heavy atom. The smallest absolute Gasteiger partial charge is 0.338 e. The van der Waals surface area contributed by atoms with Crippen molar-refractivity contribution in [1.29, 1.82) is 0 Å². The summed E-state index contributed by atoms with van der Waals surface area (Å²) in [7, 11) is 2.60. The van der Waals surface area contributed by atoms with Crippen LogP contribution in [0, 0.1) is 0 Å². The lowest BCUT2D eigenvalue weighted by molar-refractivity contribution is -0.177. The third-order valence-corrected chi connectivity index (χ3v) is 1.82. The normalized spacial score (nSPS) is 14.0. The molecule has 0 aliphatic rings. The standard InChI is InChI=1S/C10H18O6/c1-5-15-9(11)7(13-3)8(14-4)10(12)16-6-2/h7-8H,5-6H2,1-4H3/t7-,8+. The molecule has 0 radical (unpaired) electrons. The van der Waals surface area contributed by atoms with Crippen LogP contribution < -0.4 is 0 Å². The summed E-state index contributed by atoms with van der Waals surface area (Å²) in [6, 6.07) is 0. The zero-order chi connectivity index (χ0) is 12.6. The van der Waals surface area contributed by atoms with Crippen molar-refractivity contribution in [1.82, 2.24) is 0 Å². The lowest BCUT2D eigenvalue weighted by Crippen LogP contribution is -2.44. The molecule has 0 aromatic rings. The Bertz CT molecular complexity index is 203. The summed E-state index contributed by atoms with van der Waals surface area (Å²) in [5.41, 5.74) is 0. The number of carbonyl (C=O) groups excluding carboxylic acids is 2. The van der Waals surface area contributed by atoms with Crippen LogP contribution >= 0.6 is 0 Å². The van der Waals surface area contributed by atoms with E-state index in [-0.39, 0.29) is 13.2 Å². The van der Waals surface area contributed by atoms with Crippen molar-refractivity contribution in [2.45, 2.75) is 26.1 Å². The Hall–Kier alpha value is -1.14. The minimum absolute atomic E-state index is 0.206. The molecule has 0 heterocycles. The van der Waals surface area contributed by atoms with Crippen molar-refractivity contribution < 1.29 is 28.5 Å². The Labute approximate surface area is 94.8 Å². The molecule has 0 amide bonds. The number of carbonyl (C=O) groups is 2. The van der Waals surface area contributed by atoms with Crippen molar-refractivity contribution in [2.75, 3.05) is 27.4 Å². The lowest BCUT2D eigenvalue weighted by Gasteiger charge is -2.21. The van der Waals surface area contributed by atoms with Gasteiger partial charge in [-0.1, -0.05) is 0 Å². The van der Waals surface area contributed by atoms with Crippen LogP contribution in [0.15, 0.2) is 0 Å². The third-order valence-electron chi connectivity index (χ3n) is 1.82. The first-order valence-electron chi connectivity index (χ1n) is 5.01. The van der Waals surface area contributed by atoms with E-state index in [9.17, 15) is 9.59 Å². The van der Waals surface area contributed by atoms with Crippen LogP contribution in [-0.2, 0) is 28.5 Å². The van der Waals surface area contributed by atoms with Crippen molar-refractivity contribution in [3.63, 3.8) is 0 Å². The molecule has 0 spiro atoms. The average molecular weight is 234 g/mol. The fourth-order valence-corrected chi connectivity index (χ4v) is 1.14. The SMILES string of the molecule is CCOC(=O)[C@@H](OC)[C@@H](OC)C(=O)OCC. The molecule has 94 valence electrons. The van der Waals surface area contributed by atoms with Gasteiger partial charge in [0.1, 0.15) is 0 Å². The highest BCUT2D eigenvalue weighted by molar-refractivity contribution is 5.85. The van der Waals surface area contributed by atoms with Gasteiger partial charge in [0, 0.05) is 14.2 Å². The topological polar surface area (TPSA) is 71.1 Å². The summed E-state index contributed by atoms with van der Waals surface area (Å²) in [6.07, 6.45) is -2.21. The second-order valence-electron chi connectivity index (χ2n) is 2.82. The fraction of sp³-hybridized carbons (Fsp3) is 0.800. The van der Waals surface area contributed by atoms with E-state index in [1.807, 2.05) is 0 Å². The first kappa shape index (κ1) is 14.9. The maximum atomic E-state index is 11.4. The maximum Gasteiger partial charge on any atom is 0.338 e. The molecule has 6 nitrogen and oxygen atoms in total. The number of esters is 2. The van der Waals surface area contributed by atoms with Crippen LogP contribution in [0.3, 0.4) is 0 Å². The summed E-state index contributed by atoms with van der Waals surface area (Å²) in [5, 5.41) is 0. The van der Waals surface area contributed by atoms with Crippen LogP contribution in [0.4, 0.5) is 0 Å². The highest BCUT2D eigenvalue weighted by atomic mass is 16.6. The molecule has 0 unspecified atom stereocenters. The second-order valence-corrected chi connectivity index (χ2v) is 2.82. The van der Waals surface area contributed by atoms with Gasteiger partial charge < -0.3 is 18.9 Å². The molecule has 0 bridgehead atoms. The van der Waals surface area contributed by atoms with Crippen molar-refractivity contribution >= 4 is 11.9 Å². The molecule has 0 fully saturated rings. The zero-order valence-electron chi connectivity index (χ0n) is 10.0. The third kappa shape index (κ3) is 4.16. The summed E-state index contributed by atoms with van der Waals surface area (Å²) in [4.78, 5) is 22.9. The van der Waals surface area contributed by atoms with Crippen molar-refractivity contribution in [3.8, 4) is 0 Å². The van der Waals surface area contributed by atoms with E-state index in [4.69, 9.17) is 18.9 Å². The highest BCUT2D eigenvalue weighted by Gasteiger charge is 2.36. The Kier molecular flexibility index (Phi) is 7.49. The van der Waals surface area contributed by atoms with Gasteiger partial charge in [-0.3, -0.25) is 0 Å². The quantitative estimate of drug-likeness (QED) is 0.584. The molecule has 0 N–H and O–H groups in total. The Balaban J connectivity index is 4.61. The summed E-state index contributed by atoms with van der Waals surface area (Å²) < 4.78 is 19.3. The molecule has 6 heteroatoms. The molecule has 2 atom stereocenters. The molecule has 0 saturated heterocycles. The number of hydrogen-bond donors (Lipinski definition) is 0. The molecule has 0 aromatic heterocycles. The number of hydrogen-bond acceptors (Lipinski definition) is 6. The number of methoxy groups -OCH3 is 2. The van der Waals surface area contributed by atoms with E-state index in [1.54, 1.807) is 13.8 Å². The van der Waals surface area contributed by atoms with E-state index in [1.165, 1.54) is 14.2 Å². The van der Waals surface area contributed by atoms with E-state index >= 15 is 0 Å². The van der Waals surface area contributed by atoms with Gasteiger partial charge in [0.15, 0.2) is 12.2 Å². The van der Waals surface area contributed by atoms with Gasteiger partial charge in [-0.05, 0) is 13.8 Å². The molecule has 0 aliphatic heterocycles. The first-order valence-corrected chi connectivity index (χ1v) is 5.01. The van der Waals surface area contributed by atoms with Gasteiger partial charge in [0.25, 0.3) is 0 Å². The van der Waals surface area contributed by atoms with Gasteiger partial charge in [0.2, 0.25) is 0 Å². The second kappa shape index (κ2) is 8.06. The minimum atomic E-state index is -1.11. The molecule has 0 rings (SSSR count). The summed E-state index contributed by atoms with van der Waals surface area (Å²) in [6.45, 7) is 3.74. The molecule has 0 aliphatic carbocycles. The Morgan fingerprint density at radius 1 is 0.875 bits per heavy atom. The molecule has 16 heavy (non-hydrogen) atoms. The molecular formula is C10H18O6. The van der Waals surface area contributed by atoms with Crippen LogP contribution in [-0.4, -0.2) is 51.6 Å². The summed E-state index contributed by atoms with van der Waals surface area (Å²) in [5.74, 6) is -1.30. The number of ether oxygens (including phenoxy) is 4. The predicted octanol–water partition coefficient (Wildman–Crippen LogP) is 0.143. The van der Waals surface area contributed by atoms with E-state index in [0.29, 0.717) is 0 Å². The van der Waals surface area contributed by atoms with Gasteiger partial charge in [-0.25, -0.2) is 9.59 Å². The van der Waals surface area contributed by atoms with E-state index < -0.39 is 24.1 Å². The predicted molar refractivity (Wildman–Crippen MR) is 54.9 cm³/mol. The van der Waals surface area contributed by atoms with E-state index in [2.05, 4.69) is 0 Å². The maximum absolute atomic E-state index is 11.4. The van der Waals surface area contributed by atoms with Crippen molar-refractivity contribution in [3.05, 3.63) is 0 Å². The van der Waals surface area contributed by atoms with Gasteiger partial charge in [-0.15, -0.1) is 0 Å². The Morgan fingerprint density at radius 2 is 1.19 bits per heavy atom. The minimum Gasteiger partial charge on any atom is -0.464 e. The van der Waals surface area contributed by atoms with Crippen LogP contribution in [0.1, 0.15) is 13.8 Å². The highest BCUT2D eigenvalue weighted by Crippen LogP contribution is 2.07. The first-order chi connectivity index (χ1) is 7.62. The number of rotatable bonds is 7. The van der Waals surface area contributed by atoms with Crippen LogP contribution in [0.2, 0.25) is 0 Å². The largest absolute Gasteiger partial charge is 0.464 e. The average Bonchev–Trinajstić information content (AvgIpc) is 2.25. The molecule has 0 aromatic carbocycles. The summed E-state index contributed by atoms with van der Waals surface area (Å²) >= 11 is 0. The monoisotopic (exact) mass is 234 g/mol. The van der Waals surface area contributed by atoms with Gasteiger partial charge in [0.05, 0.1) is 13.2 Å². The van der Waals surface area contributed by atoms with E-state index in [0.717, 1.165) is 0 Å². The van der Waals surface area contributed by atoms with Gasteiger partial charge >= 0.3 is 11.9 Å².